The quantitative estimate of drug-likeness (QED) is 0.813. The van der Waals surface area contributed by atoms with Crippen LogP contribution >= 0.6 is 0 Å². The summed E-state index contributed by atoms with van der Waals surface area (Å²) in [6, 6.07) is 7.98. The van der Waals surface area contributed by atoms with Crippen molar-refractivity contribution >= 4 is 5.78 Å². The molecule has 0 saturated heterocycles. The first-order valence-corrected chi connectivity index (χ1v) is 6.47. The molecule has 0 bridgehead atoms. The Balaban J connectivity index is 2.24. The first kappa shape index (κ1) is 12.3. The third-order valence-electron chi connectivity index (χ3n) is 4.17. The Morgan fingerprint density at radius 1 is 1.41 bits per heavy atom. The summed E-state index contributed by atoms with van der Waals surface area (Å²) < 4.78 is 0. The zero-order chi connectivity index (χ0) is 12.5. The van der Waals surface area contributed by atoms with Gasteiger partial charge in [-0.05, 0) is 24.8 Å². The Morgan fingerprint density at radius 2 is 2.06 bits per heavy atom. The predicted molar refractivity (Wildman–Crippen MR) is 70.1 cm³/mol. The van der Waals surface area contributed by atoms with Crippen molar-refractivity contribution in [1.82, 2.24) is 0 Å². The topological polar surface area (TPSA) is 43.1 Å². The van der Waals surface area contributed by atoms with E-state index in [0.717, 1.165) is 31.2 Å². The summed E-state index contributed by atoms with van der Waals surface area (Å²) in [6.45, 7) is 4.13. The fraction of sp³-hybridized carbons (Fsp3) is 0.533. The average molecular weight is 231 g/mol. The van der Waals surface area contributed by atoms with E-state index in [9.17, 15) is 4.79 Å². The number of ketones is 1. The molecule has 2 rings (SSSR count). The lowest BCUT2D eigenvalue weighted by molar-refractivity contribution is 0.0802. The van der Waals surface area contributed by atoms with Crippen molar-refractivity contribution in [2.75, 3.05) is 0 Å². The standard InChI is InChI=1S/C15H21NO/c1-3-11-6-8-12(9-7-11)14(17)15(2)10-4-5-13(15)16/h6-9,13H,3-5,10,16H2,1-2H3. The van der Waals surface area contributed by atoms with Gasteiger partial charge in [-0.2, -0.15) is 0 Å². The molecule has 2 N–H and O–H groups in total. The van der Waals surface area contributed by atoms with Crippen LogP contribution in [-0.2, 0) is 6.42 Å². The lowest BCUT2D eigenvalue weighted by Gasteiger charge is -2.27. The zero-order valence-corrected chi connectivity index (χ0v) is 10.7. The van der Waals surface area contributed by atoms with Crippen LogP contribution in [0.3, 0.4) is 0 Å². The van der Waals surface area contributed by atoms with Crippen molar-refractivity contribution in [2.24, 2.45) is 11.1 Å². The Morgan fingerprint density at radius 3 is 2.53 bits per heavy atom. The summed E-state index contributed by atoms with van der Waals surface area (Å²) in [5.41, 5.74) is 7.81. The van der Waals surface area contributed by atoms with E-state index < -0.39 is 0 Å². The molecule has 2 atom stereocenters. The smallest absolute Gasteiger partial charge is 0.170 e. The van der Waals surface area contributed by atoms with Gasteiger partial charge in [0.2, 0.25) is 0 Å². The molecule has 2 heteroatoms. The number of Topliss-reactive ketones (excluding diaryl/α,β-unsaturated/α-hetero) is 1. The van der Waals surface area contributed by atoms with Crippen LogP contribution in [0.2, 0.25) is 0 Å². The van der Waals surface area contributed by atoms with Gasteiger partial charge in [0.05, 0.1) is 0 Å². The number of rotatable bonds is 3. The fourth-order valence-corrected chi connectivity index (χ4v) is 2.70. The van der Waals surface area contributed by atoms with Gasteiger partial charge >= 0.3 is 0 Å². The minimum Gasteiger partial charge on any atom is -0.327 e. The minimum atomic E-state index is -0.353. The Bertz CT molecular complexity index is 409. The van der Waals surface area contributed by atoms with Crippen LogP contribution in [0, 0.1) is 5.41 Å². The van der Waals surface area contributed by atoms with E-state index in [4.69, 9.17) is 5.73 Å². The summed E-state index contributed by atoms with van der Waals surface area (Å²) in [4.78, 5) is 12.5. The van der Waals surface area contributed by atoms with E-state index >= 15 is 0 Å². The molecule has 0 aliphatic heterocycles. The van der Waals surface area contributed by atoms with E-state index in [1.165, 1.54) is 5.56 Å². The van der Waals surface area contributed by atoms with Gasteiger partial charge in [-0.3, -0.25) is 4.79 Å². The minimum absolute atomic E-state index is 0.0147. The zero-order valence-electron chi connectivity index (χ0n) is 10.7. The maximum atomic E-state index is 12.5. The van der Waals surface area contributed by atoms with Gasteiger partial charge in [-0.25, -0.2) is 0 Å². The second-order valence-electron chi connectivity index (χ2n) is 5.30. The van der Waals surface area contributed by atoms with Crippen molar-refractivity contribution < 1.29 is 4.79 Å². The van der Waals surface area contributed by atoms with E-state index in [1.54, 1.807) is 0 Å². The molecule has 0 aromatic heterocycles. The first-order valence-electron chi connectivity index (χ1n) is 6.47. The van der Waals surface area contributed by atoms with E-state index in [-0.39, 0.29) is 17.2 Å². The lowest BCUT2D eigenvalue weighted by atomic mass is 9.78. The number of aryl methyl sites for hydroxylation is 1. The average Bonchev–Trinajstić information content (AvgIpc) is 2.70. The van der Waals surface area contributed by atoms with Crippen LogP contribution in [0.4, 0.5) is 0 Å². The van der Waals surface area contributed by atoms with Gasteiger partial charge in [0, 0.05) is 17.0 Å². The fourth-order valence-electron chi connectivity index (χ4n) is 2.70. The second kappa shape index (κ2) is 4.61. The maximum Gasteiger partial charge on any atom is 0.170 e. The number of hydrogen-bond donors (Lipinski definition) is 1. The lowest BCUT2D eigenvalue weighted by Crippen LogP contribution is -2.41. The van der Waals surface area contributed by atoms with Gasteiger partial charge in [-0.15, -0.1) is 0 Å². The van der Waals surface area contributed by atoms with Gasteiger partial charge < -0.3 is 5.73 Å². The number of carbonyl (C=O) groups excluding carboxylic acids is 1. The van der Waals surface area contributed by atoms with E-state index in [2.05, 4.69) is 6.92 Å². The van der Waals surface area contributed by atoms with Gasteiger partial charge in [0.25, 0.3) is 0 Å². The summed E-state index contributed by atoms with van der Waals surface area (Å²) in [6.07, 6.45) is 3.96. The predicted octanol–water partition coefficient (Wildman–Crippen LogP) is 2.95. The number of nitrogens with two attached hydrogens (primary N) is 1. The summed E-state index contributed by atoms with van der Waals surface area (Å²) in [5.74, 6) is 0.213. The van der Waals surface area contributed by atoms with Gasteiger partial charge in [0.1, 0.15) is 0 Å². The van der Waals surface area contributed by atoms with Crippen molar-refractivity contribution in [3.05, 3.63) is 35.4 Å². The van der Waals surface area contributed by atoms with Gasteiger partial charge in [-0.1, -0.05) is 44.5 Å². The van der Waals surface area contributed by atoms with E-state index in [0.29, 0.717) is 0 Å². The molecule has 0 radical (unpaired) electrons. The van der Waals surface area contributed by atoms with Crippen molar-refractivity contribution in [2.45, 2.75) is 45.6 Å². The molecule has 1 saturated carbocycles. The second-order valence-corrected chi connectivity index (χ2v) is 5.30. The van der Waals surface area contributed by atoms with Crippen LogP contribution in [0.15, 0.2) is 24.3 Å². The van der Waals surface area contributed by atoms with Crippen molar-refractivity contribution in [1.29, 1.82) is 0 Å². The highest BCUT2D eigenvalue weighted by Crippen LogP contribution is 2.39. The normalized spacial score (nSPS) is 28.3. The van der Waals surface area contributed by atoms with Crippen molar-refractivity contribution in [3.63, 3.8) is 0 Å². The van der Waals surface area contributed by atoms with Crippen LogP contribution in [0.1, 0.15) is 49.0 Å². The molecular weight excluding hydrogens is 210 g/mol. The largest absolute Gasteiger partial charge is 0.327 e. The highest BCUT2D eigenvalue weighted by molar-refractivity contribution is 6.01. The molecule has 1 fully saturated rings. The molecule has 1 aromatic carbocycles. The molecule has 1 aliphatic rings. The molecule has 17 heavy (non-hydrogen) atoms. The Hall–Kier alpha value is -1.15. The number of carbonyl (C=O) groups is 1. The van der Waals surface area contributed by atoms with Crippen LogP contribution in [0.25, 0.3) is 0 Å². The molecule has 92 valence electrons. The van der Waals surface area contributed by atoms with Crippen LogP contribution in [-0.4, -0.2) is 11.8 Å². The molecular formula is C15H21NO. The summed E-state index contributed by atoms with van der Waals surface area (Å²) in [7, 11) is 0. The SMILES string of the molecule is CCc1ccc(C(=O)C2(C)CCCC2N)cc1. The Labute approximate surface area is 103 Å². The highest BCUT2D eigenvalue weighted by atomic mass is 16.1. The maximum absolute atomic E-state index is 12.5. The molecule has 0 spiro atoms. The molecule has 2 nitrogen and oxygen atoms in total. The molecule has 1 aromatic rings. The number of hydrogen-bond acceptors (Lipinski definition) is 2. The van der Waals surface area contributed by atoms with Crippen LogP contribution < -0.4 is 5.73 Å². The highest BCUT2D eigenvalue weighted by Gasteiger charge is 2.42. The molecule has 2 unspecified atom stereocenters. The van der Waals surface area contributed by atoms with Crippen LogP contribution in [0.5, 0.6) is 0 Å². The third kappa shape index (κ3) is 2.14. The first-order chi connectivity index (χ1) is 8.08. The third-order valence-corrected chi connectivity index (χ3v) is 4.17. The summed E-state index contributed by atoms with van der Waals surface area (Å²) in [5, 5.41) is 0. The monoisotopic (exact) mass is 231 g/mol. The molecule has 0 amide bonds. The summed E-state index contributed by atoms with van der Waals surface area (Å²) >= 11 is 0. The van der Waals surface area contributed by atoms with Crippen molar-refractivity contribution in [3.8, 4) is 0 Å². The Kier molecular flexibility index (Phi) is 3.34. The molecule has 1 aliphatic carbocycles. The van der Waals surface area contributed by atoms with E-state index in [1.807, 2.05) is 31.2 Å². The number of benzene rings is 1. The molecule has 0 heterocycles. The van der Waals surface area contributed by atoms with Gasteiger partial charge in [0.15, 0.2) is 5.78 Å².